The summed E-state index contributed by atoms with van der Waals surface area (Å²) < 4.78 is 0. The van der Waals surface area contributed by atoms with Crippen LogP contribution in [0.5, 0.6) is 0 Å². The van der Waals surface area contributed by atoms with Crippen LogP contribution in [0.3, 0.4) is 0 Å². The standard InChI is InChI=1S/C13H21BrN4/c1-17(2)10-11-3-5-18(6-4-11)13-15-8-12(7-14)9-16-13/h8-9,11H,3-7,10H2,1-2H3. The van der Waals surface area contributed by atoms with Crippen LogP contribution in [0.25, 0.3) is 0 Å². The quantitative estimate of drug-likeness (QED) is 0.797. The molecule has 0 aliphatic carbocycles. The van der Waals surface area contributed by atoms with Gasteiger partial charge in [-0.25, -0.2) is 9.97 Å². The normalized spacial score (nSPS) is 17.4. The molecule has 0 aromatic carbocycles. The topological polar surface area (TPSA) is 32.3 Å². The maximum atomic E-state index is 4.43. The van der Waals surface area contributed by atoms with Gasteiger partial charge in [-0.3, -0.25) is 0 Å². The van der Waals surface area contributed by atoms with Crippen molar-refractivity contribution in [3.05, 3.63) is 18.0 Å². The van der Waals surface area contributed by atoms with E-state index in [1.165, 1.54) is 19.4 Å². The third-order valence-corrected chi connectivity index (χ3v) is 4.01. The Morgan fingerprint density at radius 3 is 2.39 bits per heavy atom. The zero-order chi connectivity index (χ0) is 13.0. The van der Waals surface area contributed by atoms with E-state index in [1.54, 1.807) is 0 Å². The second-order valence-corrected chi connectivity index (χ2v) is 5.78. The zero-order valence-electron chi connectivity index (χ0n) is 11.1. The molecule has 2 heterocycles. The Balaban J connectivity index is 1.88. The Hall–Kier alpha value is -0.680. The number of hydrogen-bond acceptors (Lipinski definition) is 4. The lowest BCUT2D eigenvalue weighted by Crippen LogP contribution is -2.37. The molecule has 0 N–H and O–H groups in total. The monoisotopic (exact) mass is 312 g/mol. The maximum absolute atomic E-state index is 4.43. The van der Waals surface area contributed by atoms with Crippen LogP contribution in [0.2, 0.25) is 0 Å². The molecular formula is C13H21BrN4. The summed E-state index contributed by atoms with van der Waals surface area (Å²) >= 11 is 3.41. The molecule has 0 spiro atoms. The van der Waals surface area contributed by atoms with Crippen LogP contribution in [0.1, 0.15) is 18.4 Å². The highest BCUT2D eigenvalue weighted by Crippen LogP contribution is 2.21. The summed E-state index contributed by atoms with van der Waals surface area (Å²) in [6.45, 7) is 3.34. The molecule has 100 valence electrons. The Bertz CT molecular complexity index is 358. The van der Waals surface area contributed by atoms with Gasteiger partial charge in [-0.2, -0.15) is 0 Å². The molecule has 1 saturated heterocycles. The molecule has 2 rings (SSSR count). The van der Waals surface area contributed by atoms with E-state index >= 15 is 0 Å². The molecule has 0 bridgehead atoms. The number of piperidine rings is 1. The van der Waals surface area contributed by atoms with E-state index in [2.05, 4.69) is 49.8 Å². The van der Waals surface area contributed by atoms with Crippen LogP contribution in [-0.2, 0) is 5.33 Å². The van der Waals surface area contributed by atoms with E-state index in [4.69, 9.17) is 0 Å². The van der Waals surface area contributed by atoms with E-state index in [0.29, 0.717) is 0 Å². The Morgan fingerprint density at radius 2 is 1.89 bits per heavy atom. The average molecular weight is 313 g/mol. The number of rotatable bonds is 4. The molecular weight excluding hydrogens is 292 g/mol. The number of nitrogens with zero attached hydrogens (tertiary/aromatic N) is 4. The fourth-order valence-corrected chi connectivity index (χ4v) is 2.70. The number of anilines is 1. The van der Waals surface area contributed by atoms with Crippen LogP contribution in [0, 0.1) is 5.92 Å². The van der Waals surface area contributed by atoms with Crippen LogP contribution >= 0.6 is 15.9 Å². The first kappa shape index (κ1) is 13.7. The van der Waals surface area contributed by atoms with Gasteiger partial charge < -0.3 is 9.80 Å². The predicted octanol–water partition coefficient (Wildman–Crippen LogP) is 2.15. The molecule has 4 nitrogen and oxygen atoms in total. The van der Waals surface area contributed by atoms with Gasteiger partial charge in [0.15, 0.2) is 0 Å². The molecule has 18 heavy (non-hydrogen) atoms. The van der Waals surface area contributed by atoms with Gasteiger partial charge >= 0.3 is 0 Å². The van der Waals surface area contributed by atoms with Crippen molar-refractivity contribution in [3.63, 3.8) is 0 Å². The largest absolute Gasteiger partial charge is 0.341 e. The molecule has 0 radical (unpaired) electrons. The van der Waals surface area contributed by atoms with Gasteiger partial charge in [-0.05, 0) is 38.4 Å². The van der Waals surface area contributed by atoms with Crippen molar-refractivity contribution in [1.29, 1.82) is 0 Å². The van der Waals surface area contributed by atoms with E-state index in [1.807, 2.05) is 12.4 Å². The van der Waals surface area contributed by atoms with Gasteiger partial charge in [0.05, 0.1) is 0 Å². The first-order chi connectivity index (χ1) is 8.69. The average Bonchev–Trinajstić information content (AvgIpc) is 2.39. The van der Waals surface area contributed by atoms with E-state index < -0.39 is 0 Å². The van der Waals surface area contributed by atoms with Gasteiger partial charge in [0.1, 0.15) is 0 Å². The minimum Gasteiger partial charge on any atom is -0.341 e. The molecule has 5 heteroatoms. The van der Waals surface area contributed by atoms with Crippen LogP contribution in [-0.4, -0.2) is 48.6 Å². The van der Waals surface area contributed by atoms with Crippen LogP contribution < -0.4 is 4.90 Å². The first-order valence-electron chi connectivity index (χ1n) is 6.45. The SMILES string of the molecule is CN(C)CC1CCN(c2ncc(CBr)cn2)CC1. The smallest absolute Gasteiger partial charge is 0.225 e. The van der Waals surface area contributed by atoms with E-state index in [0.717, 1.165) is 35.8 Å². The predicted molar refractivity (Wildman–Crippen MR) is 78.2 cm³/mol. The molecule has 0 unspecified atom stereocenters. The summed E-state index contributed by atoms with van der Waals surface area (Å²) in [6.07, 6.45) is 6.29. The third-order valence-electron chi connectivity index (χ3n) is 3.37. The number of alkyl halides is 1. The molecule has 0 saturated carbocycles. The summed E-state index contributed by atoms with van der Waals surface area (Å²) in [5, 5.41) is 0.818. The van der Waals surface area contributed by atoms with Crippen molar-refractivity contribution in [1.82, 2.24) is 14.9 Å². The first-order valence-corrected chi connectivity index (χ1v) is 7.57. The second-order valence-electron chi connectivity index (χ2n) is 5.22. The number of aromatic nitrogens is 2. The number of hydrogen-bond donors (Lipinski definition) is 0. The highest BCUT2D eigenvalue weighted by molar-refractivity contribution is 9.08. The Morgan fingerprint density at radius 1 is 1.28 bits per heavy atom. The van der Waals surface area contributed by atoms with Crippen LogP contribution in [0.15, 0.2) is 12.4 Å². The highest BCUT2D eigenvalue weighted by Gasteiger charge is 2.21. The molecule has 1 aliphatic rings. The van der Waals surface area contributed by atoms with E-state index in [-0.39, 0.29) is 0 Å². The maximum Gasteiger partial charge on any atom is 0.225 e. The Kier molecular flexibility index (Phi) is 4.95. The summed E-state index contributed by atoms with van der Waals surface area (Å²) in [5.74, 6) is 1.70. The Labute approximate surface area is 118 Å². The lowest BCUT2D eigenvalue weighted by atomic mass is 9.97. The zero-order valence-corrected chi connectivity index (χ0v) is 12.7. The van der Waals surface area contributed by atoms with Gasteiger partial charge in [0, 0.05) is 37.4 Å². The summed E-state index contributed by atoms with van der Waals surface area (Å²) in [4.78, 5) is 13.4. The fraction of sp³-hybridized carbons (Fsp3) is 0.692. The molecule has 1 aliphatic heterocycles. The lowest BCUT2D eigenvalue weighted by Gasteiger charge is -2.33. The van der Waals surface area contributed by atoms with Gasteiger partial charge in [-0.15, -0.1) is 0 Å². The van der Waals surface area contributed by atoms with Gasteiger partial charge in [0.25, 0.3) is 0 Å². The molecule has 1 aromatic heterocycles. The van der Waals surface area contributed by atoms with Crippen molar-refractivity contribution in [2.24, 2.45) is 5.92 Å². The lowest BCUT2D eigenvalue weighted by molar-refractivity contribution is 0.284. The minimum absolute atomic E-state index is 0.818. The molecule has 1 aromatic rings. The highest BCUT2D eigenvalue weighted by atomic mass is 79.9. The summed E-state index contributed by atoms with van der Waals surface area (Å²) in [6, 6.07) is 0. The van der Waals surface area contributed by atoms with Gasteiger partial charge in [0.2, 0.25) is 5.95 Å². The van der Waals surface area contributed by atoms with Crippen molar-refractivity contribution in [2.75, 3.05) is 38.6 Å². The van der Waals surface area contributed by atoms with Crippen molar-refractivity contribution in [2.45, 2.75) is 18.2 Å². The minimum atomic E-state index is 0.818. The summed E-state index contributed by atoms with van der Waals surface area (Å²) in [7, 11) is 4.29. The fourth-order valence-electron chi connectivity index (χ4n) is 2.41. The van der Waals surface area contributed by atoms with E-state index in [9.17, 15) is 0 Å². The van der Waals surface area contributed by atoms with Gasteiger partial charge in [-0.1, -0.05) is 15.9 Å². The van der Waals surface area contributed by atoms with Crippen molar-refractivity contribution in [3.8, 4) is 0 Å². The number of halogens is 1. The third kappa shape index (κ3) is 3.65. The van der Waals surface area contributed by atoms with Crippen molar-refractivity contribution < 1.29 is 0 Å². The second kappa shape index (κ2) is 6.48. The molecule has 0 amide bonds. The summed E-state index contributed by atoms with van der Waals surface area (Å²) in [5.41, 5.74) is 1.13. The van der Waals surface area contributed by atoms with Crippen molar-refractivity contribution >= 4 is 21.9 Å². The van der Waals surface area contributed by atoms with Crippen LogP contribution in [0.4, 0.5) is 5.95 Å². The molecule has 0 atom stereocenters. The molecule has 1 fully saturated rings.